The maximum absolute atomic E-state index is 5.59. The summed E-state index contributed by atoms with van der Waals surface area (Å²) in [6.07, 6.45) is 1.93. The quantitative estimate of drug-likeness (QED) is 0.736. The van der Waals surface area contributed by atoms with Gasteiger partial charge < -0.3 is 5.73 Å². The molecule has 1 unspecified atom stereocenters. The third kappa shape index (κ3) is 1.50. The SMILES string of the molecule is CCn1ncc(C(C)CN)c1C. The van der Waals surface area contributed by atoms with Gasteiger partial charge in [-0.25, -0.2) is 0 Å². The molecule has 0 aliphatic heterocycles. The Kier molecular flexibility index (Phi) is 2.87. The minimum absolute atomic E-state index is 0.422. The highest BCUT2D eigenvalue weighted by molar-refractivity contribution is 5.20. The van der Waals surface area contributed by atoms with Crippen LogP contribution in [0.25, 0.3) is 0 Å². The molecule has 0 bridgehead atoms. The zero-order chi connectivity index (χ0) is 9.14. The summed E-state index contributed by atoms with van der Waals surface area (Å²) in [4.78, 5) is 0. The summed E-state index contributed by atoms with van der Waals surface area (Å²) >= 11 is 0. The molecule has 0 spiro atoms. The summed E-state index contributed by atoms with van der Waals surface area (Å²) in [5.41, 5.74) is 8.11. The highest BCUT2D eigenvalue weighted by atomic mass is 15.3. The van der Waals surface area contributed by atoms with E-state index in [1.807, 2.05) is 10.9 Å². The smallest absolute Gasteiger partial charge is 0.0527 e. The van der Waals surface area contributed by atoms with E-state index < -0.39 is 0 Å². The van der Waals surface area contributed by atoms with Crippen molar-refractivity contribution in [1.29, 1.82) is 0 Å². The van der Waals surface area contributed by atoms with Crippen molar-refractivity contribution >= 4 is 0 Å². The highest BCUT2D eigenvalue weighted by Crippen LogP contribution is 2.17. The molecule has 0 radical (unpaired) electrons. The zero-order valence-corrected chi connectivity index (χ0v) is 8.04. The van der Waals surface area contributed by atoms with Crippen LogP contribution in [0.1, 0.15) is 31.0 Å². The van der Waals surface area contributed by atoms with Crippen molar-refractivity contribution in [3.8, 4) is 0 Å². The Balaban J connectivity index is 2.93. The van der Waals surface area contributed by atoms with E-state index in [1.165, 1.54) is 11.3 Å². The molecule has 0 saturated heterocycles. The van der Waals surface area contributed by atoms with Gasteiger partial charge in [0.05, 0.1) is 6.20 Å². The Morgan fingerprint density at radius 3 is 2.75 bits per heavy atom. The first-order valence-corrected chi connectivity index (χ1v) is 4.43. The molecule has 12 heavy (non-hydrogen) atoms. The van der Waals surface area contributed by atoms with Gasteiger partial charge >= 0.3 is 0 Å². The van der Waals surface area contributed by atoms with Crippen LogP contribution < -0.4 is 5.73 Å². The molecule has 3 nitrogen and oxygen atoms in total. The largest absolute Gasteiger partial charge is 0.330 e. The molecule has 1 aromatic rings. The number of hydrogen-bond acceptors (Lipinski definition) is 2. The van der Waals surface area contributed by atoms with Gasteiger partial charge in [-0.3, -0.25) is 4.68 Å². The first kappa shape index (κ1) is 9.26. The van der Waals surface area contributed by atoms with E-state index in [2.05, 4.69) is 25.9 Å². The van der Waals surface area contributed by atoms with E-state index >= 15 is 0 Å². The average molecular weight is 167 g/mol. The Morgan fingerprint density at radius 1 is 1.67 bits per heavy atom. The van der Waals surface area contributed by atoms with Crippen molar-refractivity contribution in [2.75, 3.05) is 6.54 Å². The first-order valence-electron chi connectivity index (χ1n) is 4.43. The van der Waals surface area contributed by atoms with Crippen LogP contribution in [0.5, 0.6) is 0 Å². The molecule has 0 aliphatic rings. The third-order valence-electron chi connectivity index (χ3n) is 2.33. The lowest BCUT2D eigenvalue weighted by Crippen LogP contribution is -2.10. The van der Waals surface area contributed by atoms with Gasteiger partial charge in [0.2, 0.25) is 0 Å². The molecule has 1 rings (SSSR count). The van der Waals surface area contributed by atoms with Crippen LogP contribution in [0.2, 0.25) is 0 Å². The summed E-state index contributed by atoms with van der Waals surface area (Å²) in [5, 5.41) is 4.26. The normalized spacial score (nSPS) is 13.3. The fourth-order valence-corrected chi connectivity index (χ4v) is 1.39. The Hall–Kier alpha value is -0.830. The van der Waals surface area contributed by atoms with Crippen LogP contribution in [0.15, 0.2) is 6.20 Å². The summed E-state index contributed by atoms with van der Waals surface area (Å²) in [5.74, 6) is 0.422. The molecule has 3 heteroatoms. The molecule has 0 fully saturated rings. The average Bonchev–Trinajstić information content (AvgIpc) is 2.45. The van der Waals surface area contributed by atoms with Gasteiger partial charge in [0.1, 0.15) is 0 Å². The van der Waals surface area contributed by atoms with E-state index in [4.69, 9.17) is 5.73 Å². The maximum Gasteiger partial charge on any atom is 0.0527 e. The predicted molar refractivity (Wildman–Crippen MR) is 50.1 cm³/mol. The molecule has 1 atom stereocenters. The van der Waals surface area contributed by atoms with E-state index in [1.54, 1.807) is 0 Å². The zero-order valence-electron chi connectivity index (χ0n) is 8.04. The van der Waals surface area contributed by atoms with E-state index in [-0.39, 0.29) is 0 Å². The standard InChI is InChI=1S/C9H17N3/c1-4-12-8(3)9(6-11-12)7(2)5-10/h6-7H,4-5,10H2,1-3H3. The summed E-state index contributed by atoms with van der Waals surface area (Å²) in [7, 11) is 0. The van der Waals surface area contributed by atoms with Crippen LogP contribution in [0.4, 0.5) is 0 Å². The van der Waals surface area contributed by atoms with Gasteiger partial charge in [-0.15, -0.1) is 0 Å². The fourth-order valence-electron chi connectivity index (χ4n) is 1.39. The predicted octanol–water partition coefficient (Wildman–Crippen LogP) is 1.27. The maximum atomic E-state index is 5.59. The van der Waals surface area contributed by atoms with Crippen LogP contribution in [0.3, 0.4) is 0 Å². The monoisotopic (exact) mass is 167 g/mol. The highest BCUT2D eigenvalue weighted by Gasteiger charge is 2.10. The third-order valence-corrected chi connectivity index (χ3v) is 2.33. The first-order chi connectivity index (χ1) is 5.70. The number of aryl methyl sites for hydroxylation is 1. The Bertz CT molecular complexity index is 252. The second-order valence-corrected chi connectivity index (χ2v) is 3.14. The molecule has 1 aromatic heterocycles. The van der Waals surface area contributed by atoms with Crippen LogP contribution >= 0.6 is 0 Å². The van der Waals surface area contributed by atoms with Gasteiger partial charge in [-0.05, 0) is 31.9 Å². The summed E-state index contributed by atoms with van der Waals surface area (Å²) < 4.78 is 2.00. The molecular weight excluding hydrogens is 150 g/mol. The second-order valence-electron chi connectivity index (χ2n) is 3.14. The lowest BCUT2D eigenvalue weighted by atomic mass is 10.0. The van der Waals surface area contributed by atoms with Crippen molar-refractivity contribution in [1.82, 2.24) is 9.78 Å². The summed E-state index contributed by atoms with van der Waals surface area (Å²) in [6, 6.07) is 0. The second kappa shape index (κ2) is 3.72. The topological polar surface area (TPSA) is 43.8 Å². The van der Waals surface area contributed by atoms with Crippen molar-refractivity contribution < 1.29 is 0 Å². The lowest BCUT2D eigenvalue weighted by Gasteiger charge is -2.07. The number of hydrogen-bond donors (Lipinski definition) is 1. The van der Waals surface area contributed by atoms with Crippen molar-refractivity contribution in [3.63, 3.8) is 0 Å². The minimum Gasteiger partial charge on any atom is -0.330 e. The molecular formula is C9H17N3. The van der Waals surface area contributed by atoms with Gasteiger partial charge in [0.25, 0.3) is 0 Å². The van der Waals surface area contributed by atoms with Crippen molar-refractivity contribution in [3.05, 3.63) is 17.5 Å². The van der Waals surface area contributed by atoms with E-state index in [0.717, 1.165) is 6.54 Å². The summed E-state index contributed by atoms with van der Waals surface area (Å²) in [6.45, 7) is 7.94. The molecule has 0 aliphatic carbocycles. The molecule has 0 amide bonds. The minimum atomic E-state index is 0.422. The Morgan fingerprint density at radius 2 is 2.33 bits per heavy atom. The van der Waals surface area contributed by atoms with Crippen LogP contribution in [0, 0.1) is 6.92 Å². The van der Waals surface area contributed by atoms with E-state index in [9.17, 15) is 0 Å². The molecule has 2 N–H and O–H groups in total. The molecule has 0 saturated carbocycles. The van der Waals surface area contributed by atoms with Gasteiger partial charge in [0.15, 0.2) is 0 Å². The number of rotatable bonds is 3. The molecule has 1 heterocycles. The van der Waals surface area contributed by atoms with Gasteiger partial charge in [0, 0.05) is 12.2 Å². The number of nitrogens with two attached hydrogens (primary N) is 1. The Labute approximate surface area is 73.6 Å². The number of aromatic nitrogens is 2. The number of nitrogens with zero attached hydrogens (tertiary/aromatic N) is 2. The molecule has 0 aromatic carbocycles. The van der Waals surface area contributed by atoms with E-state index in [0.29, 0.717) is 12.5 Å². The molecule has 68 valence electrons. The van der Waals surface area contributed by atoms with Gasteiger partial charge in [-0.1, -0.05) is 6.92 Å². The van der Waals surface area contributed by atoms with Crippen LogP contribution in [-0.2, 0) is 6.54 Å². The lowest BCUT2D eigenvalue weighted by molar-refractivity contribution is 0.635. The fraction of sp³-hybridized carbons (Fsp3) is 0.667. The van der Waals surface area contributed by atoms with Crippen molar-refractivity contribution in [2.24, 2.45) is 5.73 Å². The van der Waals surface area contributed by atoms with Gasteiger partial charge in [-0.2, -0.15) is 5.10 Å². The van der Waals surface area contributed by atoms with Crippen molar-refractivity contribution in [2.45, 2.75) is 33.2 Å². The van der Waals surface area contributed by atoms with Crippen LogP contribution in [-0.4, -0.2) is 16.3 Å².